The van der Waals surface area contributed by atoms with E-state index in [1.807, 2.05) is 16.7 Å². The average Bonchev–Trinajstić information content (AvgIpc) is 3.09. The molecule has 0 aliphatic carbocycles. The summed E-state index contributed by atoms with van der Waals surface area (Å²) in [7, 11) is 1.56. The molecule has 0 radical (unpaired) electrons. The number of amides is 2. The maximum atomic E-state index is 13.2. The molecule has 2 aliphatic heterocycles. The summed E-state index contributed by atoms with van der Waals surface area (Å²) >= 11 is 0. The molecule has 2 aliphatic rings. The molecule has 182 valence electrons. The van der Waals surface area contributed by atoms with Crippen molar-refractivity contribution >= 4 is 28.8 Å². The molecule has 3 aromatic rings. The zero-order valence-corrected chi connectivity index (χ0v) is 19.7. The number of methoxy groups -OCH3 is 1. The molecule has 0 spiro atoms. The van der Waals surface area contributed by atoms with E-state index in [0.29, 0.717) is 60.6 Å². The third-order valence-corrected chi connectivity index (χ3v) is 6.41. The highest BCUT2D eigenvalue weighted by Crippen LogP contribution is 2.41. The highest BCUT2D eigenvalue weighted by Gasteiger charge is 2.30. The molecule has 9 nitrogen and oxygen atoms in total. The summed E-state index contributed by atoms with van der Waals surface area (Å²) in [4.78, 5) is 32.3. The summed E-state index contributed by atoms with van der Waals surface area (Å²) in [5.74, 6) is 1.82. The number of aromatic nitrogens is 2. The van der Waals surface area contributed by atoms with Gasteiger partial charge in [0.25, 0.3) is 5.91 Å². The van der Waals surface area contributed by atoms with Gasteiger partial charge in [-0.2, -0.15) is 0 Å². The van der Waals surface area contributed by atoms with Crippen LogP contribution in [0, 0.1) is 0 Å². The average molecular weight is 477 g/mol. The second-order valence-corrected chi connectivity index (χ2v) is 8.59. The van der Waals surface area contributed by atoms with Crippen molar-refractivity contribution in [1.82, 2.24) is 14.5 Å². The van der Waals surface area contributed by atoms with Gasteiger partial charge in [-0.3, -0.25) is 14.9 Å². The third-order valence-electron chi connectivity index (χ3n) is 6.41. The van der Waals surface area contributed by atoms with Crippen molar-refractivity contribution in [3.05, 3.63) is 54.6 Å². The Balaban J connectivity index is 1.60. The maximum absolute atomic E-state index is 13.2. The van der Waals surface area contributed by atoms with E-state index >= 15 is 0 Å². The number of likely N-dealkylation sites (tertiary alicyclic amines) is 1. The molecule has 0 unspecified atom stereocenters. The number of nitrogens with one attached hydrogen (secondary N) is 1. The zero-order valence-electron chi connectivity index (χ0n) is 19.7. The van der Waals surface area contributed by atoms with Crippen LogP contribution in [0.2, 0.25) is 0 Å². The Morgan fingerprint density at radius 2 is 2.06 bits per heavy atom. The Labute approximate surface area is 203 Å². The van der Waals surface area contributed by atoms with Crippen LogP contribution in [-0.4, -0.2) is 59.7 Å². The van der Waals surface area contributed by atoms with Gasteiger partial charge in [-0.1, -0.05) is 12.6 Å². The normalized spacial score (nSPS) is 17.5. The summed E-state index contributed by atoms with van der Waals surface area (Å²) in [6, 6.07) is 10.5. The fraction of sp³-hybridized carbons (Fsp3) is 0.346. The fourth-order valence-corrected chi connectivity index (χ4v) is 4.73. The Morgan fingerprint density at radius 3 is 2.89 bits per heavy atom. The molecular formula is C26H28N4O5. The second-order valence-electron chi connectivity index (χ2n) is 8.59. The van der Waals surface area contributed by atoms with Gasteiger partial charge in [-0.05, 0) is 55.7 Å². The van der Waals surface area contributed by atoms with Crippen molar-refractivity contribution in [2.75, 3.05) is 38.7 Å². The molecule has 3 heterocycles. The number of hydrogen-bond donors (Lipinski definition) is 1. The Hall–Kier alpha value is -4.01. The first-order valence-electron chi connectivity index (χ1n) is 11.8. The van der Waals surface area contributed by atoms with Crippen molar-refractivity contribution in [2.45, 2.75) is 25.3 Å². The van der Waals surface area contributed by atoms with Gasteiger partial charge in [-0.15, -0.1) is 0 Å². The van der Waals surface area contributed by atoms with Crippen molar-refractivity contribution in [3.8, 4) is 17.2 Å². The number of ether oxygens (including phenoxy) is 3. The second kappa shape index (κ2) is 9.69. The van der Waals surface area contributed by atoms with Crippen molar-refractivity contribution < 1.29 is 23.8 Å². The predicted molar refractivity (Wildman–Crippen MR) is 131 cm³/mol. The first kappa shape index (κ1) is 22.8. The van der Waals surface area contributed by atoms with Crippen LogP contribution in [0.1, 0.15) is 35.7 Å². The fourth-order valence-electron chi connectivity index (χ4n) is 4.73. The number of nitrogens with zero attached hydrogens (tertiary/aromatic N) is 3. The van der Waals surface area contributed by atoms with Crippen LogP contribution in [0.15, 0.2) is 49.1 Å². The van der Waals surface area contributed by atoms with Crippen molar-refractivity contribution in [2.24, 2.45) is 0 Å². The number of fused-ring (bicyclic) bond motifs is 3. The monoisotopic (exact) mass is 476 g/mol. The Bertz CT molecular complexity index is 1280. The number of carbonyl (C=O) groups excluding carboxylic acids is 2. The quantitative estimate of drug-likeness (QED) is 0.563. The van der Waals surface area contributed by atoms with E-state index < -0.39 is 0 Å². The topological polar surface area (TPSA) is 94.9 Å². The lowest BCUT2D eigenvalue weighted by Crippen LogP contribution is -2.34. The van der Waals surface area contributed by atoms with E-state index in [-0.39, 0.29) is 17.9 Å². The number of imidazole rings is 1. The van der Waals surface area contributed by atoms with Crippen LogP contribution in [-0.2, 0) is 4.79 Å². The SMILES string of the molecule is C=CC(=O)N1CCCC[C@@H](n2c(NC(=O)c3cccc(OC)c3)nc3ccc4c(c32)OCCO4)C1. The zero-order chi connectivity index (χ0) is 24.4. The first-order valence-corrected chi connectivity index (χ1v) is 11.8. The maximum Gasteiger partial charge on any atom is 0.258 e. The van der Waals surface area contributed by atoms with Gasteiger partial charge in [0.15, 0.2) is 11.5 Å². The molecule has 1 saturated heterocycles. The minimum Gasteiger partial charge on any atom is -0.497 e. The lowest BCUT2D eigenvalue weighted by Gasteiger charge is -2.27. The molecule has 2 aromatic carbocycles. The molecule has 35 heavy (non-hydrogen) atoms. The summed E-state index contributed by atoms with van der Waals surface area (Å²) in [6.07, 6.45) is 3.99. The van der Waals surface area contributed by atoms with Crippen molar-refractivity contribution in [3.63, 3.8) is 0 Å². The molecule has 1 fully saturated rings. The minimum absolute atomic E-state index is 0.107. The lowest BCUT2D eigenvalue weighted by molar-refractivity contribution is -0.126. The highest BCUT2D eigenvalue weighted by atomic mass is 16.6. The lowest BCUT2D eigenvalue weighted by atomic mass is 10.1. The van der Waals surface area contributed by atoms with E-state index in [0.717, 1.165) is 24.8 Å². The van der Waals surface area contributed by atoms with Gasteiger partial charge >= 0.3 is 0 Å². The molecule has 0 bridgehead atoms. The van der Waals surface area contributed by atoms with E-state index in [2.05, 4.69) is 11.9 Å². The molecular weight excluding hydrogens is 448 g/mol. The molecule has 1 N–H and O–H groups in total. The van der Waals surface area contributed by atoms with Gasteiger partial charge in [-0.25, -0.2) is 4.98 Å². The van der Waals surface area contributed by atoms with Crippen LogP contribution in [0.4, 0.5) is 5.95 Å². The van der Waals surface area contributed by atoms with Gasteiger partial charge in [0.2, 0.25) is 11.9 Å². The Kier molecular flexibility index (Phi) is 6.31. The van der Waals surface area contributed by atoms with Crippen molar-refractivity contribution in [1.29, 1.82) is 0 Å². The van der Waals surface area contributed by atoms with Crippen LogP contribution in [0.5, 0.6) is 17.2 Å². The Morgan fingerprint density at radius 1 is 1.20 bits per heavy atom. The molecule has 5 rings (SSSR count). The van der Waals surface area contributed by atoms with Crippen LogP contribution < -0.4 is 19.5 Å². The van der Waals surface area contributed by atoms with Crippen LogP contribution >= 0.6 is 0 Å². The summed E-state index contributed by atoms with van der Waals surface area (Å²) in [6.45, 7) is 5.69. The highest BCUT2D eigenvalue weighted by molar-refractivity contribution is 6.04. The third kappa shape index (κ3) is 4.41. The molecule has 2 amide bonds. The van der Waals surface area contributed by atoms with Crippen LogP contribution in [0.25, 0.3) is 11.0 Å². The van der Waals surface area contributed by atoms with E-state index in [1.54, 1.807) is 36.3 Å². The van der Waals surface area contributed by atoms with E-state index in [4.69, 9.17) is 19.2 Å². The summed E-state index contributed by atoms with van der Waals surface area (Å²) < 4.78 is 19.1. The van der Waals surface area contributed by atoms with E-state index in [1.165, 1.54) is 6.08 Å². The number of anilines is 1. The number of hydrogen-bond acceptors (Lipinski definition) is 6. The molecule has 0 saturated carbocycles. The summed E-state index contributed by atoms with van der Waals surface area (Å²) in [5.41, 5.74) is 1.89. The van der Waals surface area contributed by atoms with Gasteiger partial charge in [0, 0.05) is 18.7 Å². The smallest absolute Gasteiger partial charge is 0.258 e. The predicted octanol–water partition coefficient (Wildman–Crippen LogP) is 3.81. The molecule has 1 aromatic heterocycles. The van der Waals surface area contributed by atoms with Crippen LogP contribution in [0.3, 0.4) is 0 Å². The standard InChI is InChI=1S/C26H28N4O5/c1-3-22(31)29-12-5-4-8-18(16-29)30-23-20(10-11-21-24(23)35-14-13-34-21)27-26(30)28-25(32)17-7-6-9-19(15-17)33-2/h3,6-7,9-11,15,18H,1,4-5,8,12-14,16H2,2H3,(H,27,28,32)/t18-/m1/s1. The van der Waals surface area contributed by atoms with Gasteiger partial charge < -0.3 is 23.7 Å². The van der Waals surface area contributed by atoms with E-state index in [9.17, 15) is 9.59 Å². The van der Waals surface area contributed by atoms with Gasteiger partial charge in [0.05, 0.1) is 18.7 Å². The number of carbonyl (C=O) groups is 2. The number of benzene rings is 2. The first-order chi connectivity index (χ1) is 17.1. The van der Waals surface area contributed by atoms with Gasteiger partial charge in [0.1, 0.15) is 24.5 Å². The summed E-state index contributed by atoms with van der Waals surface area (Å²) in [5, 5.41) is 2.99. The molecule has 9 heteroatoms. The minimum atomic E-state index is -0.306. The molecule has 1 atom stereocenters. The largest absolute Gasteiger partial charge is 0.497 e. The number of rotatable bonds is 5.